The van der Waals surface area contributed by atoms with Crippen molar-refractivity contribution in [2.45, 2.75) is 33.1 Å². The molecule has 0 aliphatic rings. The zero-order valence-corrected chi connectivity index (χ0v) is 9.49. The highest BCUT2D eigenvalue weighted by Crippen LogP contribution is 2.05. The summed E-state index contributed by atoms with van der Waals surface area (Å²) in [5, 5.41) is 20.2. The van der Waals surface area contributed by atoms with Gasteiger partial charge in [0.25, 0.3) is 0 Å². The minimum atomic E-state index is -0.531. The van der Waals surface area contributed by atoms with Crippen molar-refractivity contribution in [2.75, 3.05) is 13.2 Å². The van der Waals surface area contributed by atoms with Crippen LogP contribution in [-0.4, -0.2) is 24.2 Å². The lowest BCUT2D eigenvalue weighted by atomic mass is 10.0. The van der Waals surface area contributed by atoms with Crippen molar-refractivity contribution < 1.29 is 9.90 Å². The summed E-state index contributed by atoms with van der Waals surface area (Å²) in [6.45, 7) is 4.57. The van der Waals surface area contributed by atoms with Crippen molar-refractivity contribution >= 4 is 5.91 Å². The van der Waals surface area contributed by atoms with E-state index >= 15 is 0 Å². The molecule has 0 aromatic heterocycles. The lowest BCUT2D eigenvalue weighted by Gasteiger charge is -2.13. The van der Waals surface area contributed by atoms with Gasteiger partial charge in [0.1, 0.15) is 5.92 Å². The smallest absolute Gasteiger partial charge is 0.237 e. The monoisotopic (exact) mass is 212 g/mol. The fraction of sp³-hybridized carbons (Fsp3) is 0.818. The van der Waals surface area contributed by atoms with E-state index in [0.29, 0.717) is 19.4 Å². The van der Waals surface area contributed by atoms with Crippen LogP contribution in [0.1, 0.15) is 33.1 Å². The Morgan fingerprint density at radius 3 is 2.67 bits per heavy atom. The predicted octanol–water partition coefficient (Wildman–Crippen LogP) is 1.06. The molecule has 0 aliphatic carbocycles. The number of nitrogens with one attached hydrogen (secondary N) is 1. The third-order valence-electron chi connectivity index (χ3n) is 2.30. The lowest BCUT2D eigenvalue weighted by Crippen LogP contribution is -2.33. The summed E-state index contributed by atoms with van der Waals surface area (Å²) in [4.78, 5) is 11.5. The van der Waals surface area contributed by atoms with Crippen LogP contribution in [0, 0.1) is 23.2 Å². The maximum Gasteiger partial charge on any atom is 0.237 e. The van der Waals surface area contributed by atoms with Crippen molar-refractivity contribution in [1.29, 1.82) is 5.26 Å². The first-order valence-electron chi connectivity index (χ1n) is 5.43. The zero-order chi connectivity index (χ0) is 11.7. The first kappa shape index (κ1) is 13.9. The zero-order valence-electron chi connectivity index (χ0n) is 9.49. The molecular formula is C11H20N2O2. The van der Waals surface area contributed by atoms with Crippen LogP contribution in [0.15, 0.2) is 0 Å². The maximum absolute atomic E-state index is 11.5. The molecule has 0 saturated heterocycles. The highest BCUT2D eigenvalue weighted by Gasteiger charge is 2.16. The average molecular weight is 212 g/mol. The Hall–Kier alpha value is -1.08. The first-order valence-corrected chi connectivity index (χ1v) is 5.43. The van der Waals surface area contributed by atoms with E-state index in [-0.39, 0.29) is 18.4 Å². The fourth-order valence-electron chi connectivity index (χ4n) is 1.26. The average Bonchev–Trinajstić information content (AvgIpc) is 2.23. The predicted molar refractivity (Wildman–Crippen MR) is 57.9 cm³/mol. The van der Waals surface area contributed by atoms with Crippen LogP contribution in [0.3, 0.4) is 0 Å². The molecule has 86 valence electrons. The Morgan fingerprint density at radius 1 is 1.53 bits per heavy atom. The number of carbonyl (C=O) groups is 1. The van der Waals surface area contributed by atoms with Crippen LogP contribution in [-0.2, 0) is 4.79 Å². The van der Waals surface area contributed by atoms with Gasteiger partial charge >= 0.3 is 0 Å². The van der Waals surface area contributed by atoms with Crippen LogP contribution < -0.4 is 5.32 Å². The van der Waals surface area contributed by atoms with Crippen LogP contribution in [0.2, 0.25) is 0 Å². The van der Waals surface area contributed by atoms with Gasteiger partial charge in [-0.3, -0.25) is 4.79 Å². The molecule has 2 atom stereocenters. The molecule has 0 aromatic rings. The van der Waals surface area contributed by atoms with Crippen molar-refractivity contribution in [3.05, 3.63) is 0 Å². The molecule has 4 nitrogen and oxygen atoms in total. The molecule has 2 N–H and O–H groups in total. The Bertz CT molecular complexity index is 223. The molecule has 0 saturated carbocycles. The summed E-state index contributed by atoms with van der Waals surface area (Å²) in [6.07, 6.45) is 2.11. The number of aliphatic hydroxyl groups excluding tert-OH is 1. The molecule has 0 fully saturated rings. The van der Waals surface area contributed by atoms with Gasteiger partial charge in [0, 0.05) is 13.2 Å². The van der Waals surface area contributed by atoms with E-state index in [1.54, 1.807) is 0 Å². The largest absolute Gasteiger partial charge is 0.396 e. The van der Waals surface area contributed by atoms with Crippen molar-refractivity contribution in [3.63, 3.8) is 0 Å². The maximum atomic E-state index is 11.5. The topological polar surface area (TPSA) is 73.1 Å². The van der Waals surface area contributed by atoms with Gasteiger partial charge in [-0.2, -0.15) is 5.26 Å². The van der Waals surface area contributed by atoms with Gasteiger partial charge in [-0.05, 0) is 18.8 Å². The Balaban J connectivity index is 3.86. The quantitative estimate of drug-likeness (QED) is 0.662. The molecule has 4 heteroatoms. The Labute approximate surface area is 91.3 Å². The third-order valence-corrected chi connectivity index (χ3v) is 2.30. The van der Waals surface area contributed by atoms with E-state index in [1.165, 1.54) is 0 Å². The van der Waals surface area contributed by atoms with E-state index in [1.807, 2.05) is 19.9 Å². The standard InChI is InChI=1S/C11H20N2O2/c1-3-4-10(7-12)11(15)13-8-9(2)5-6-14/h9-10,14H,3-6,8H2,1-2H3,(H,13,15). The summed E-state index contributed by atoms with van der Waals surface area (Å²) < 4.78 is 0. The Kier molecular flexibility index (Phi) is 7.65. The fourth-order valence-corrected chi connectivity index (χ4v) is 1.26. The molecule has 2 unspecified atom stereocenters. The number of nitriles is 1. The lowest BCUT2D eigenvalue weighted by molar-refractivity contribution is -0.123. The first-order chi connectivity index (χ1) is 7.15. The van der Waals surface area contributed by atoms with Crippen molar-refractivity contribution in [3.8, 4) is 6.07 Å². The van der Waals surface area contributed by atoms with Gasteiger partial charge in [0.05, 0.1) is 6.07 Å². The number of hydrogen-bond acceptors (Lipinski definition) is 3. The van der Waals surface area contributed by atoms with Crippen LogP contribution in [0.5, 0.6) is 0 Å². The van der Waals surface area contributed by atoms with Crippen molar-refractivity contribution in [1.82, 2.24) is 5.32 Å². The van der Waals surface area contributed by atoms with E-state index in [2.05, 4.69) is 5.32 Å². The second-order valence-corrected chi connectivity index (χ2v) is 3.83. The van der Waals surface area contributed by atoms with E-state index in [0.717, 1.165) is 6.42 Å². The van der Waals surface area contributed by atoms with Crippen molar-refractivity contribution in [2.24, 2.45) is 11.8 Å². The van der Waals surface area contributed by atoms with Gasteiger partial charge in [-0.25, -0.2) is 0 Å². The Morgan fingerprint density at radius 2 is 2.20 bits per heavy atom. The minimum Gasteiger partial charge on any atom is -0.396 e. The number of nitrogens with zero attached hydrogens (tertiary/aromatic N) is 1. The van der Waals surface area contributed by atoms with Gasteiger partial charge in [0.15, 0.2) is 0 Å². The van der Waals surface area contributed by atoms with Crippen LogP contribution in [0.4, 0.5) is 0 Å². The number of aliphatic hydroxyl groups is 1. The van der Waals surface area contributed by atoms with Gasteiger partial charge in [-0.15, -0.1) is 0 Å². The van der Waals surface area contributed by atoms with E-state index < -0.39 is 5.92 Å². The van der Waals surface area contributed by atoms with Gasteiger partial charge in [0.2, 0.25) is 5.91 Å². The summed E-state index contributed by atoms with van der Waals surface area (Å²) in [5.74, 6) is -0.472. The van der Waals surface area contributed by atoms with E-state index in [4.69, 9.17) is 10.4 Å². The number of amides is 1. The van der Waals surface area contributed by atoms with Crippen LogP contribution in [0.25, 0.3) is 0 Å². The minimum absolute atomic E-state index is 0.133. The highest BCUT2D eigenvalue weighted by atomic mass is 16.3. The third kappa shape index (κ3) is 6.08. The molecule has 15 heavy (non-hydrogen) atoms. The number of carbonyl (C=O) groups excluding carboxylic acids is 1. The molecule has 0 aromatic carbocycles. The molecule has 1 amide bonds. The van der Waals surface area contributed by atoms with Gasteiger partial charge < -0.3 is 10.4 Å². The van der Waals surface area contributed by atoms with Crippen LogP contribution >= 0.6 is 0 Å². The van der Waals surface area contributed by atoms with Gasteiger partial charge in [-0.1, -0.05) is 20.3 Å². The highest BCUT2D eigenvalue weighted by molar-refractivity contribution is 5.80. The summed E-state index contributed by atoms with van der Waals surface area (Å²) in [6, 6.07) is 2.00. The number of hydrogen-bond donors (Lipinski definition) is 2. The SMILES string of the molecule is CCCC(C#N)C(=O)NCC(C)CCO. The molecule has 0 rings (SSSR count). The molecule has 0 aliphatic heterocycles. The second-order valence-electron chi connectivity index (χ2n) is 3.83. The number of rotatable bonds is 7. The molecule has 0 spiro atoms. The summed E-state index contributed by atoms with van der Waals surface area (Å²) in [7, 11) is 0. The second kappa shape index (κ2) is 8.25. The molecule has 0 heterocycles. The normalized spacial score (nSPS) is 14.0. The van der Waals surface area contributed by atoms with E-state index in [9.17, 15) is 4.79 Å². The summed E-state index contributed by atoms with van der Waals surface area (Å²) in [5.41, 5.74) is 0. The molecular weight excluding hydrogens is 192 g/mol. The summed E-state index contributed by atoms with van der Waals surface area (Å²) >= 11 is 0. The molecule has 0 radical (unpaired) electrons. The molecule has 0 bridgehead atoms.